The van der Waals surface area contributed by atoms with Crippen molar-refractivity contribution >= 4 is 23.7 Å². The lowest BCUT2D eigenvalue weighted by molar-refractivity contribution is -0.137. The van der Waals surface area contributed by atoms with Crippen molar-refractivity contribution in [2.75, 3.05) is 31.1 Å². The number of carbonyl (C=O) groups excluding carboxylic acids is 3. The normalized spacial score (nSPS) is 18.8. The fourth-order valence-corrected chi connectivity index (χ4v) is 3.44. The maximum atomic E-state index is 13.3. The number of rotatable bonds is 5. The Balaban J connectivity index is 1.82. The second-order valence-electron chi connectivity index (χ2n) is 7.58. The number of urea groups is 2. The molecule has 1 aromatic carbocycles. The summed E-state index contributed by atoms with van der Waals surface area (Å²) in [6, 6.07) is 3.23. The van der Waals surface area contributed by atoms with E-state index in [1.54, 1.807) is 17.1 Å². The lowest BCUT2D eigenvalue weighted by atomic mass is 10.0. The SMILES string of the molecule is CC1(C)C(=O)N(c2ccc(C#N)c(C(F)(F)F)c2)C(=O)N1C/C=C\CN1CCNC1=O. The summed E-state index contributed by atoms with van der Waals surface area (Å²) in [6.45, 7) is 4.48. The summed E-state index contributed by atoms with van der Waals surface area (Å²) in [5.74, 6) is -0.678. The van der Waals surface area contributed by atoms with Crippen LogP contribution in [0.4, 0.5) is 28.4 Å². The quantitative estimate of drug-likeness (QED) is 0.568. The van der Waals surface area contributed by atoms with Gasteiger partial charge in [0.05, 0.1) is 22.9 Å². The number of hydrogen-bond donors (Lipinski definition) is 1. The third-order valence-electron chi connectivity index (χ3n) is 5.24. The molecule has 2 fully saturated rings. The van der Waals surface area contributed by atoms with Gasteiger partial charge >= 0.3 is 18.2 Å². The molecule has 31 heavy (non-hydrogen) atoms. The number of alkyl halides is 3. The van der Waals surface area contributed by atoms with Crippen LogP contribution in [0.1, 0.15) is 25.0 Å². The van der Waals surface area contributed by atoms with Crippen molar-refractivity contribution in [2.24, 2.45) is 0 Å². The topological polar surface area (TPSA) is 96.8 Å². The Kier molecular flexibility index (Phi) is 5.67. The highest BCUT2D eigenvalue weighted by atomic mass is 19.4. The molecule has 0 bridgehead atoms. The summed E-state index contributed by atoms with van der Waals surface area (Å²) in [4.78, 5) is 40.8. The van der Waals surface area contributed by atoms with Gasteiger partial charge in [-0.15, -0.1) is 0 Å². The van der Waals surface area contributed by atoms with Crippen LogP contribution in [-0.4, -0.2) is 59.5 Å². The van der Waals surface area contributed by atoms with E-state index < -0.39 is 34.8 Å². The molecule has 0 spiro atoms. The van der Waals surface area contributed by atoms with Gasteiger partial charge in [0.2, 0.25) is 0 Å². The fraction of sp³-hybridized carbons (Fsp3) is 0.400. The van der Waals surface area contributed by atoms with Gasteiger partial charge in [0.15, 0.2) is 0 Å². The number of carbonyl (C=O) groups is 3. The molecule has 0 aromatic heterocycles. The third kappa shape index (κ3) is 4.05. The molecule has 2 aliphatic heterocycles. The van der Waals surface area contributed by atoms with Gasteiger partial charge in [0.1, 0.15) is 5.54 Å². The van der Waals surface area contributed by atoms with Crippen LogP contribution in [0.5, 0.6) is 0 Å². The average Bonchev–Trinajstić information content (AvgIpc) is 3.17. The highest BCUT2D eigenvalue weighted by Gasteiger charge is 2.51. The first-order valence-electron chi connectivity index (χ1n) is 9.43. The van der Waals surface area contributed by atoms with E-state index in [0.717, 1.165) is 12.1 Å². The van der Waals surface area contributed by atoms with Crippen molar-refractivity contribution < 1.29 is 27.6 Å². The lowest BCUT2D eigenvalue weighted by Gasteiger charge is -2.26. The number of imide groups is 1. The number of nitrogens with one attached hydrogen (secondary N) is 1. The van der Waals surface area contributed by atoms with Gasteiger partial charge in [0, 0.05) is 26.2 Å². The first kappa shape index (κ1) is 22.1. The van der Waals surface area contributed by atoms with Crippen LogP contribution in [0.3, 0.4) is 0 Å². The van der Waals surface area contributed by atoms with E-state index >= 15 is 0 Å². The predicted molar refractivity (Wildman–Crippen MR) is 104 cm³/mol. The van der Waals surface area contributed by atoms with Crippen LogP contribution in [0.15, 0.2) is 30.4 Å². The van der Waals surface area contributed by atoms with Crippen LogP contribution in [0.25, 0.3) is 0 Å². The van der Waals surface area contributed by atoms with Crippen molar-refractivity contribution in [3.8, 4) is 6.07 Å². The van der Waals surface area contributed by atoms with E-state index in [0.29, 0.717) is 30.6 Å². The Morgan fingerprint density at radius 2 is 1.87 bits per heavy atom. The lowest BCUT2D eigenvalue weighted by Crippen LogP contribution is -2.44. The summed E-state index contributed by atoms with van der Waals surface area (Å²) in [6.07, 6.45) is -1.50. The zero-order chi connectivity index (χ0) is 23.0. The Morgan fingerprint density at radius 1 is 1.19 bits per heavy atom. The monoisotopic (exact) mass is 435 g/mol. The molecule has 0 saturated carbocycles. The largest absolute Gasteiger partial charge is 0.417 e. The first-order chi connectivity index (χ1) is 14.5. The molecule has 0 atom stereocenters. The van der Waals surface area contributed by atoms with E-state index in [9.17, 15) is 27.6 Å². The van der Waals surface area contributed by atoms with Crippen LogP contribution in [0, 0.1) is 11.3 Å². The van der Waals surface area contributed by atoms with E-state index in [4.69, 9.17) is 5.26 Å². The smallest absolute Gasteiger partial charge is 0.336 e. The van der Waals surface area contributed by atoms with E-state index in [1.165, 1.54) is 24.8 Å². The van der Waals surface area contributed by atoms with Gasteiger partial charge < -0.3 is 15.1 Å². The molecule has 2 heterocycles. The zero-order valence-corrected chi connectivity index (χ0v) is 16.9. The summed E-state index contributed by atoms with van der Waals surface area (Å²) >= 11 is 0. The number of anilines is 1. The Hall–Kier alpha value is -3.55. The summed E-state index contributed by atoms with van der Waals surface area (Å²) in [5, 5.41) is 11.6. The molecule has 0 unspecified atom stereocenters. The number of halogens is 3. The number of nitriles is 1. The molecule has 3 rings (SSSR count). The first-order valence-corrected chi connectivity index (χ1v) is 9.43. The van der Waals surface area contributed by atoms with Crippen LogP contribution in [-0.2, 0) is 11.0 Å². The van der Waals surface area contributed by atoms with Gasteiger partial charge in [-0.2, -0.15) is 18.4 Å². The summed E-state index contributed by atoms with van der Waals surface area (Å²) in [7, 11) is 0. The Morgan fingerprint density at radius 3 is 2.45 bits per heavy atom. The summed E-state index contributed by atoms with van der Waals surface area (Å²) in [5.41, 5.74) is -3.36. The number of amides is 5. The maximum absolute atomic E-state index is 13.3. The van der Waals surface area contributed by atoms with Crippen molar-refractivity contribution in [2.45, 2.75) is 25.6 Å². The Labute approximate surface area is 176 Å². The molecule has 8 nitrogen and oxygen atoms in total. The molecule has 11 heteroatoms. The minimum Gasteiger partial charge on any atom is -0.336 e. The van der Waals surface area contributed by atoms with Gasteiger partial charge in [-0.1, -0.05) is 12.2 Å². The molecular formula is C20H20F3N5O3. The second kappa shape index (κ2) is 7.94. The van der Waals surface area contributed by atoms with Crippen LogP contribution < -0.4 is 10.2 Å². The second-order valence-corrected chi connectivity index (χ2v) is 7.58. The van der Waals surface area contributed by atoms with Gasteiger partial charge in [0.25, 0.3) is 5.91 Å². The zero-order valence-electron chi connectivity index (χ0n) is 16.9. The highest BCUT2D eigenvalue weighted by molar-refractivity contribution is 6.23. The van der Waals surface area contributed by atoms with Crippen molar-refractivity contribution in [1.29, 1.82) is 5.26 Å². The summed E-state index contributed by atoms with van der Waals surface area (Å²) < 4.78 is 39.9. The van der Waals surface area contributed by atoms with Gasteiger partial charge in [-0.3, -0.25) is 4.79 Å². The maximum Gasteiger partial charge on any atom is 0.417 e. The average molecular weight is 435 g/mol. The van der Waals surface area contributed by atoms with E-state index in [2.05, 4.69) is 5.32 Å². The number of hydrogen-bond acceptors (Lipinski definition) is 4. The molecule has 0 radical (unpaired) electrons. The molecule has 5 amide bonds. The molecule has 2 aliphatic rings. The standard InChI is InChI=1S/C20H20F3N5O3/c1-19(2)16(29)28(14-6-5-13(12-24)15(11-14)20(21,22)23)18(31)27(19)9-4-3-8-26-10-7-25-17(26)30/h3-6,11H,7-10H2,1-2H3,(H,25,30)/b4-3-. The van der Waals surface area contributed by atoms with Crippen LogP contribution >= 0.6 is 0 Å². The predicted octanol–water partition coefficient (Wildman–Crippen LogP) is 2.71. The molecule has 2 saturated heterocycles. The number of benzene rings is 1. The van der Waals surface area contributed by atoms with Gasteiger partial charge in [-0.05, 0) is 32.0 Å². The van der Waals surface area contributed by atoms with Crippen molar-refractivity contribution in [1.82, 2.24) is 15.1 Å². The highest BCUT2D eigenvalue weighted by Crippen LogP contribution is 2.37. The molecule has 164 valence electrons. The Bertz CT molecular complexity index is 997. The fourth-order valence-electron chi connectivity index (χ4n) is 3.44. The van der Waals surface area contributed by atoms with Crippen LogP contribution in [0.2, 0.25) is 0 Å². The van der Waals surface area contributed by atoms with E-state index in [-0.39, 0.29) is 18.3 Å². The molecule has 1 aromatic rings. The number of nitrogens with zero attached hydrogens (tertiary/aromatic N) is 4. The van der Waals surface area contributed by atoms with E-state index in [1.807, 2.05) is 0 Å². The minimum atomic E-state index is -4.81. The minimum absolute atomic E-state index is 0.0337. The third-order valence-corrected chi connectivity index (χ3v) is 5.24. The molecule has 1 N–H and O–H groups in total. The van der Waals surface area contributed by atoms with Gasteiger partial charge in [-0.25, -0.2) is 14.5 Å². The molecular weight excluding hydrogens is 415 g/mol. The van der Waals surface area contributed by atoms with Crippen molar-refractivity contribution in [3.63, 3.8) is 0 Å². The van der Waals surface area contributed by atoms with Crippen molar-refractivity contribution in [3.05, 3.63) is 41.5 Å². The molecule has 0 aliphatic carbocycles.